The molecule has 3 rings (SSSR count). The highest BCUT2D eigenvalue weighted by molar-refractivity contribution is 6.00. The molecule has 3 heterocycles. The Morgan fingerprint density at radius 2 is 1.15 bits per heavy atom. The Labute approximate surface area is 387 Å². The van der Waals surface area contributed by atoms with Crippen molar-refractivity contribution in [3.63, 3.8) is 0 Å². The SMILES string of the molecule is CC[C@H](C)[C@H](NC(=O)[C@H](CC(N)=O)NC(=O)[C@H](CCC(=O)O)NC(=O)[C@H](CC(N)=O)NC(=O)[C@@H]1CCCN1C(=O)[C@H](C)NC(=O)[C@@H](NC(=O)[C@@H]1CCCN1)C(C)C)C(=O)N1CCC[C@H]1C(=O)O. The van der Waals surface area contributed by atoms with Gasteiger partial charge < -0.3 is 68.7 Å². The molecule has 10 amide bonds. The lowest BCUT2D eigenvalue weighted by Crippen LogP contribution is -2.61. The average Bonchev–Trinajstić information content (AvgIpc) is 4.07. The van der Waals surface area contributed by atoms with Crippen LogP contribution in [-0.4, -0.2) is 165 Å². The number of carbonyl (C=O) groups is 12. The van der Waals surface area contributed by atoms with Gasteiger partial charge in [-0.25, -0.2) is 4.79 Å². The van der Waals surface area contributed by atoms with E-state index in [2.05, 4.69) is 37.2 Å². The second-order valence-corrected chi connectivity index (χ2v) is 17.7. The monoisotopic (exact) mass is 949 g/mol. The van der Waals surface area contributed by atoms with E-state index in [0.717, 1.165) is 11.3 Å². The number of nitrogens with two attached hydrogens (primary N) is 2. The van der Waals surface area contributed by atoms with E-state index in [4.69, 9.17) is 11.5 Å². The van der Waals surface area contributed by atoms with Crippen molar-refractivity contribution >= 4 is 71.0 Å². The minimum atomic E-state index is -1.79. The van der Waals surface area contributed by atoms with Crippen molar-refractivity contribution in [2.75, 3.05) is 19.6 Å². The highest BCUT2D eigenvalue weighted by Crippen LogP contribution is 2.22. The first-order valence-corrected chi connectivity index (χ1v) is 22.6. The number of aliphatic carboxylic acids is 2. The average molecular weight is 950 g/mol. The zero-order valence-corrected chi connectivity index (χ0v) is 38.6. The zero-order chi connectivity index (χ0) is 50.3. The Hall–Kier alpha value is -6.40. The second kappa shape index (κ2) is 25.5. The molecule has 0 bridgehead atoms. The fourth-order valence-electron chi connectivity index (χ4n) is 8.19. The molecule has 0 aromatic carbocycles. The molecule has 10 atom stereocenters. The number of amides is 10. The Morgan fingerprint density at radius 1 is 0.612 bits per heavy atom. The van der Waals surface area contributed by atoms with E-state index in [9.17, 15) is 67.7 Å². The van der Waals surface area contributed by atoms with Crippen LogP contribution in [0.1, 0.15) is 105 Å². The van der Waals surface area contributed by atoms with E-state index in [1.54, 1.807) is 27.7 Å². The van der Waals surface area contributed by atoms with Gasteiger partial charge in [-0.05, 0) is 70.3 Å². The summed E-state index contributed by atoms with van der Waals surface area (Å²) >= 11 is 0. The van der Waals surface area contributed by atoms with Crippen LogP contribution in [0.15, 0.2) is 0 Å². The summed E-state index contributed by atoms with van der Waals surface area (Å²) in [6, 6.07) is -11.6. The Bertz CT molecular complexity index is 1890. The lowest BCUT2D eigenvalue weighted by atomic mass is 9.96. The van der Waals surface area contributed by atoms with Gasteiger partial charge in [0.15, 0.2) is 0 Å². The third-order valence-electron chi connectivity index (χ3n) is 12.1. The molecule has 25 heteroatoms. The summed E-state index contributed by atoms with van der Waals surface area (Å²) < 4.78 is 0. The molecule has 3 fully saturated rings. The third-order valence-corrected chi connectivity index (χ3v) is 12.1. The molecule has 0 aromatic rings. The van der Waals surface area contributed by atoms with E-state index < -0.39 is 151 Å². The number of carboxylic acid groups (broad SMARTS) is 2. The summed E-state index contributed by atoms with van der Waals surface area (Å²) in [6.45, 7) is 9.05. The molecule has 0 unspecified atom stereocenters. The highest BCUT2D eigenvalue weighted by Gasteiger charge is 2.42. The van der Waals surface area contributed by atoms with Gasteiger partial charge in [0.1, 0.15) is 48.3 Å². The Balaban J connectivity index is 1.77. The molecule has 67 heavy (non-hydrogen) atoms. The highest BCUT2D eigenvalue weighted by atomic mass is 16.4. The molecule has 13 N–H and O–H groups in total. The van der Waals surface area contributed by atoms with Crippen LogP contribution >= 0.6 is 0 Å². The van der Waals surface area contributed by atoms with Gasteiger partial charge in [-0.3, -0.25) is 52.7 Å². The fourth-order valence-corrected chi connectivity index (χ4v) is 8.19. The van der Waals surface area contributed by atoms with Crippen LogP contribution < -0.4 is 48.7 Å². The number of primary amides is 2. The molecular weight excluding hydrogens is 883 g/mol. The lowest BCUT2D eigenvalue weighted by Gasteiger charge is -2.31. The zero-order valence-electron chi connectivity index (χ0n) is 38.6. The quantitative estimate of drug-likeness (QED) is 0.0416. The summed E-state index contributed by atoms with van der Waals surface area (Å²) in [6.07, 6.45) is -0.197. The molecule has 0 aliphatic carbocycles. The molecule has 25 nitrogen and oxygen atoms in total. The molecular formula is C42H67N11O14. The van der Waals surface area contributed by atoms with Gasteiger partial charge in [-0.1, -0.05) is 34.1 Å². The summed E-state index contributed by atoms with van der Waals surface area (Å²) in [5, 5.41) is 36.9. The Morgan fingerprint density at radius 3 is 1.67 bits per heavy atom. The van der Waals surface area contributed by atoms with Gasteiger partial charge in [0.2, 0.25) is 59.1 Å². The van der Waals surface area contributed by atoms with E-state index in [0.29, 0.717) is 32.2 Å². The van der Waals surface area contributed by atoms with Crippen LogP contribution in [0.25, 0.3) is 0 Å². The van der Waals surface area contributed by atoms with Gasteiger partial charge in [0.25, 0.3) is 0 Å². The largest absolute Gasteiger partial charge is 0.481 e. The lowest BCUT2D eigenvalue weighted by molar-refractivity contribution is -0.150. The molecule has 3 saturated heterocycles. The van der Waals surface area contributed by atoms with Crippen LogP contribution in [0, 0.1) is 11.8 Å². The molecule has 0 aromatic heterocycles. The van der Waals surface area contributed by atoms with Crippen LogP contribution in [0.5, 0.6) is 0 Å². The Kier molecular flexibility index (Phi) is 20.9. The molecule has 374 valence electrons. The number of rotatable bonds is 25. The maximum Gasteiger partial charge on any atom is 0.326 e. The minimum Gasteiger partial charge on any atom is -0.481 e. The van der Waals surface area contributed by atoms with E-state index in [1.807, 2.05) is 0 Å². The summed E-state index contributed by atoms with van der Waals surface area (Å²) in [4.78, 5) is 159. The van der Waals surface area contributed by atoms with Crippen molar-refractivity contribution in [2.45, 2.75) is 160 Å². The number of carbonyl (C=O) groups excluding carboxylic acids is 10. The number of carboxylic acids is 2. The summed E-state index contributed by atoms with van der Waals surface area (Å²) in [7, 11) is 0. The van der Waals surface area contributed by atoms with E-state index >= 15 is 0 Å². The predicted octanol–water partition coefficient (Wildman–Crippen LogP) is -3.95. The van der Waals surface area contributed by atoms with Crippen LogP contribution in [0.3, 0.4) is 0 Å². The molecule has 0 spiro atoms. The number of hydrogen-bond acceptors (Lipinski definition) is 13. The van der Waals surface area contributed by atoms with Crippen molar-refractivity contribution in [1.82, 2.24) is 47.0 Å². The minimum absolute atomic E-state index is 0.0758. The topological polar surface area (TPSA) is 388 Å². The van der Waals surface area contributed by atoms with Crippen LogP contribution in [0.4, 0.5) is 0 Å². The smallest absolute Gasteiger partial charge is 0.326 e. The number of hydrogen-bond donors (Lipinski definition) is 11. The van der Waals surface area contributed by atoms with Crippen molar-refractivity contribution in [3.8, 4) is 0 Å². The van der Waals surface area contributed by atoms with Crippen molar-refractivity contribution in [3.05, 3.63) is 0 Å². The van der Waals surface area contributed by atoms with Gasteiger partial charge in [0.05, 0.1) is 18.9 Å². The van der Waals surface area contributed by atoms with Crippen molar-refractivity contribution < 1.29 is 67.7 Å². The first-order valence-electron chi connectivity index (χ1n) is 22.6. The van der Waals surface area contributed by atoms with E-state index in [-0.39, 0.29) is 37.8 Å². The summed E-state index contributed by atoms with van der Waals surface area (Å²) in [5.74, 6) is -12.4. The first kappa shape index (κ1) is 54.9. The molecule has 0 radical (unpaired) electrons. The van der Waals surface area contributed by atoms with E-state index in [1.165, 1.54) is 11.8 Å². The van der Waals surface area contributed by atoms with Crippen LogP contribution in [0.2, 0.25) is 0 Å². The first-order chi connectivity index (χ1) is 31.5. The molecule has 3 aliphatic heterocycles. The van der Waals surface area contributed by atoms with Crippen LogP contribution in [-0.2, 0) is 57.5 Å². The number of likely N-dealkylation sites (tertiary alicyclic amines) is 2. The van der Waals surface area contributed by atoms with Gasteiger partial charge in [-0.15, -0.1) is 0 Å². The maximum absolute atomic E-state index is 13.8. The molecule has 0 saturated carbocycles. The molecule has 3 aliphatic rings. The normalized spacial score (nSPS) is 21.1. The van der Waals surface area contributed by atoms with Gasteiger partial charge in [0, 0.05) is 19.5 Å². The van der Waals surface area contributed by atoms with Crippen molar-refractivity contribution in [1.29, 1.82) is 0 Å². The summed E-state index contributed by atoms with van der Waals surface area (Å²) in [5.41, 5.74) is 10.8. The third kappa shape index (κ3) is 15.9. The fraction of sp³-hybridized carbons (Fsp3) is 0.714. The maximum atomic E-state index is 13.8. The van der Waals surface area contributed by atoms with Crippen molar-refractivity contribution in [2.24, 2.45) is 23.3 Å². The number of nitrogens with one attached hydrogen (secondary N) is 7. The number of nitrogens with zero attached hydrogens (tertiary/aromatic N) is 2. The predicted molar refractivity (Wildman–Crippen MR) is 234 cm³/mol. The van der Waals surface area contributed by atoms with Gasteiger partial charge in [-0.2, -0.15) is 0 Å². The second-order valence-electron chi connectivity index (χ2n) is 17.7. The standard InChI is InChI=1S/C42H67N11O14/c1-6-21(4)33(41(65)53-17-9-12-28(53)42(66)67)51-37(61)26(19-30(44)55)48-35(59)24(13-14-31(56)57)47-36(60)25(18-29(43)54)49-38(62)27-11-8-16-52(27)40(64)22(5)46-39(63)32(20(2)3)50-34(58)23-10-7-15-45-23/h20-28,32-33,45H,6-19H2,1-5H3,(H2,43,54)(H2,44,55)(H,46,63)(H,47,60)(H,48,59)(H,49,62)(H,50,58)(H,51,61)(H,56,57)(H,66,67)/t21-,22-,23-,24-,25-,26-,27-,28-,32-,33-/m0/s1. The van der Waals surface area contributed by atoms with Gasteiger partial charge >= 0.3 is 11.9 Å².